The number of carbonyl (C=O) groups is 1. The van der Waals surface area contributed by atoms with E-state index in [0.29, 0.717) is 17.1 Å². The third kappa shape index (κ3) is 3.33. The number of benzene rings is 1. The Hall–Kier alpha value is -2.96. The van der Waals surface area contributed by atoms with Crippen LogP contribution in [0.3, 0.4) is 0 Å². The average molecular weight is 288 g/mol. The summed E-state index contributed by atoms with van der Waals surface area (Å²) in [6.45, 7) is 1.45. The summed E-state index contributed by atoms with van der Waals surface area (Å²) in [7, 11) is 1.45. The van der Waals surface area contributed by atoms with Gasteiger partial charge in [0.1, 0.15) is 6.20 Å². The summed E-state index contributed by atoms with van der Waals surface area (Å²) in [5.41, 5.74) is 0.372. The molecule has 0 aliphatic heterocycles. The lowest BCUT2D eigenvalue weighted by Crippen LogP contribution is -1.97. The molecular formula is C14H12N2O5. The fourth-order valence-electron chi connectivity index (χ4n) is 1.62. The van der Waals surface area contributed by atoms with E-state index in [1.54, 1.807) is 18.2 Å². The van der Waals surface area contributed by atoms with E-state index in [9.17, 15) is 14.9 Å². The van der Waals surface area contributed by atoms with Crippen LogP contribution in [0.1, 0.15) is 17.3 Å². The SMILES string of the molecule is COc1cc(C(C)=O)ccc1Oc1ccc([N+](=O)[O-])cn1. The Bertz CT molecular complexity index is 682. The Morgan fingerprint density at radius 3 is 2.52 bits per heavy atom. The molecule has 2 rings (SSSR count). The predicted molar refractivity (Wildman–Crippen MR) is 74.0 cm³/mol. The van der Waals surface area contributed by atoms with Crippen LogP contribution in [-0.4, -0.2) is 22.8 Å². The number of rotatable bonds is 5. The average Bonchev–Trinajstić information content (AvgIpc) is 2.48. The number of carbonyl (C=O) groups excluding carboxylic acids is 1. The second kappa shape index (κ2) is 6.00. The Labute approximate surface area is 120 Å². The summed E-state index contributed by atoms with van der Waals surface area (Å²) >= 11 is 0. The largest absolute Gasteiger partial charge is 0.493 e. The highest BCUT2D eigenvalue weighted by Crippen LogP contribution is 2.32. The fraction of sp³-hybridized carbons (Fsp3) is 0.143. The molecule has 1 aromatic heterocycles. The van der Waals surface area contributed by atoms with E-state index in [-0.39, 0.29) is 17.4 Å². The van der Waals surface area contributed by atoms with Gasteiger partial charge in [-0.1, -0.05) is 0 Å². The van der Waals surface area contributed by atoms with Crippen LogP contribution in [-0.2, 0) is 0 Å². The standard InChI is InChI=1S/C14H12N2O5/c1-9(17)10-3-5-12(13(7-10)20-2)21-14-6-4-11(8-15-14)16(18)19/h3-8H,1-2H3. The van der Waals surface area contributed by atoms with Gasteiger partial charge in [0.05, 0.1) is 12.0 Å². The minimum absolute atomic E-state index is 0.0895. The van der Waals surface area contributed by atoms with Gasteiger partial charge in [0.25, 0.3) is 5.69 Å². The summed E-state index contributed by atoms with van der Waals surface area (Å²) < 4.78 is 10.7. The Kier molecular flexibility index (Phi) is 4.13. The molecule has 108 valence electrons. The minimum atomic E-state index is -0.543. The molecule has 0 saturated carbocycles. The molecule has 0 bridgehead atoms. The van der Waals surface area contributed by atoms with Crippen LogP contribution in [0.15, 0.2) is 36.5 Å². The second-order valence-electron chi connectivity index (χ2n) is 4.14. The summed E-state index contributed by atoms with van der Waals surface area (Å²) in [6, 6.07) is 7.42. The molecule has 0 atom stereocenters. The molecule has 0 aliphatic rings. The van der Waals surface area contributed by atoms with Crippen molar-refractivity contribution in [1.82, 2.24) is 4.98 Å². The molecule has 2 aromatic rings. The van der Waals surface area contributed by atoms with Crippen molar-refractivity contribution in [2.75, 3.05) is 7.11 Å². The number of nitrogens with zero attached hydrogens (tertiary/aromatic N) is 2. The van der Waals surface area contributed by atoms with Crippen molar-refractivity contribution < 1.29 is 19.2 Å². The van der Waals surface area contributed by atoms with Crippen molar-refractivity contribution in [3.05, 3.63) is 52.2 Å². The van der Waals surface area contributed by atoms with E-state index in [2.05, 4.69) is 4.98 Å². The lowest BCUT2D eigenvalue weighted by Gasteiger charge is -2.10. The Morgan fingerprint density at radius 2 is 2.00 bits per heavy atom. The van der Waals surface area contributed by atoms with E-state index >= 15 is 0 Å². The summed E-state index contributed by atoms with van der Waals surface area (Å²) in [5.74, 6) is 0.842. The van der Waals surface area contributed by atoms with E-state index in [1.165, 1.54) is 26.2 Å². The van der Waals surface area contributed by atoms with Crippen LogP contribution in [0.25, 0.3) is 0 Å². The van der Waals surface area contributed by atoms with Gasteiger partial charge < -0.3 is 9.47 Å². The highest BCUT2D eigenvalue weighted by molar-refractivity contribution is 5.94. The smallest absolute Gasteiger partial charge is 0.287 e. The van der Waals surface area contributed by atoms with Crippen LogP contribution in [0.2, 0.25) is 0 Å². The van der Waals surface area contributed by atoms with Crippen LogP contribution in [0, 0.1) is 10.1 Å². The van der Waals surface area contributed by atoms with Crippen molar-refractivity contribution >= 4 is 11.5 Å². The lowest BCUT2D eigenvalue weighted by atomic mass is 10.1. The van der Waals surface area contributed by atoms with Gasteiger partial charge in [-0.05, 0) is 25.1 Å². The van der Waals surface area contributed by atoms with Gasteiger partial charge in [-0.15, -0.1) is 0 Å². The Balaban J connectivity index is 2.26. The van der Waals surface area contributed by atoms with Crippen molar-refractivity contribution in [3.63, 3.8) is 0 Å². The van der Waals surface area contributed by atoms with Crippen molar-refractivity contribution in [2.24, 2.45) is 0 Å². The van der Waals surface area contributed by atoms with Gasteiger partial charge >= 0.3 is 0 Å². The van der Waals surface area contributed by atoms with Gasteiger partial charge in [0.2, 0.25) is 5.88 Å². The number of ketones is 1. The van der Waals surface area contributed by atoms with E-state index in [0.717, 1.165) is 6.20 Å². The number of methoxy groups -OCH3 is 1. The van der Waals surface area contributed by atoms with E-state index < -0.39 is 4.92 Å². The molecule has 0 amide bonds. The van der Waals surface area contributed by atoms with E-state index in [1.807, 2.05) is 0 Å². The molecule has 0 unspecified atom stereocenters. The van der Waals surface area contributed by atoms with Crippen molar-refractivity contribution in [1.29, 1.82) is 0 Å². The number of hydrogen-bond acceptors (Lipinski definition) is 6. The van der Waals surface area contributed by atoms with E-state index in [4.69, 9.17) is 9.47 Å². The van der Waals surface area contributed by atoms with Gasteiger partial charge in [0.15, 0.2) is 17.3 Å². The van der Waals surface area contributed by atoms with Crippen molar-refractivity contribution in [3.8, 4) is 17.4 Å². The molecule has 0 radical (unpaired) electrons. The molecule has 21 heavy (non-hydrogen) atoms. The first-order valence-electron chi connectivity index (χ1n) is 5.98. The first-order chi connectivity index (χ1) is 10.0. The topological polar surface area (TPSA) is 91.6 Å². The maximum atomic E-state index is 11.3. The highest BCUT2D eigenvalue weighted by Gasteiger charge is 2.11. The molecule has 0 spiro atoms. The zero-order valence-electron chi connectivity index (χ0n) is 11.4. The lowest BCUT2D eigenvalue weighted by molar-refractivity contribution is -0.385. The van der Waals surface area contributed by atoms with Crippen molar-refractivity contribution in [2.45, 2.75) is 6.92 Å². The molecule has 0 saturated heterocycles. The number of hydrogen-bond donors (Lipinski definition) is 0. The number of pyridine rings is 1. The van der Waals surface area contributed by atoms with Gasteiger partial charge in [-0.25, -0.2) is 4.98 Å². The molecular weight excluding hydrogens is 276 g/mol. The fourth-order valence-corrected chi connectivity index (χ4v) is 1.62. The van der Waals surface area contributed by atoms with Gasteiger partial charge in [-0.2, -0.15) is 0 Å². The molecule has 0 fully saturated rings. The molecule has 0 N–H and O–H groups in total. The molecule has 0 aliphatic carbocycles. The maximum Gasteiger partial charge on any atom is 0.287 e. The Morgan fingerprint density at radius 1 is 1.24 bits per heavy atom. The number of nitro groups is 1. The van der Waals surface area contributed by atoms with Crippen LogP contribution >= 0.6 is 0 Å². The summed E-state index contributed by atoms with van der Waals surface area (Å²) in [5, 5.41) is 10.5. The highest BCUT2D eigenvalue weighted by atomic mass is 16.6. The number of Topliss-reactive ketones (excluding diaryl/α,β-unsaturated/α-hetero) is 1. The number of aromatic nitrogens is 1. The number of ether oxygens (including phenoxy) is 2. The van der Waals surface area contributed by atoms with Gasteiger partial charge in [0, 0.05) is 17.7 Å². The van der Waals surface area contributed by atoms with Crippen LogP contribution < -0.4 is 9.47 Å². The van der Waals surface area contributed by atoms with Gasteiger partial charge in [-0.3, -0.25) is 14.9 Å². The first kappa shape index (κ1) is 14.4. The maximum absolute atomic E-state index is 11.3. The van der Waals surface area contributed by atoms with Crippen LogP contribution in [0.5, 0.6) is 17.4 Å². The quantitative estimate of drug-likeness (QED) is 0.477. The third-order valence-electron chi connectivity index (χ3n) is 2.72. The normalized spacial score (nSPS) is 10.0. The first-order valence-corrected chi connectivity index (χ1v) is 5.98. The summed E-state index contributed by atoms with van der Waals surface area (Å²) in [4.78, 5) is 25.2. The summed E-state index contributed by atoms with van der Waals surface area (Å²) in [6.07, 6.45) is 1.10. The predicted octanol–water partition coefficient (Wildman–Crippen LogP) is 2.99. The molecule has 1 aromatic carbocycles. The second-order valence-corrected chi connectivity index (χ2v) is 4.14. The third-order valence-corrected chi connectivity index (χ3v) is 2.72. The monoisotopic (exact) mass is 288 g/mol. The molecule has 1 heterocycles. The minimum Gasteiger partial charge on any atom is -0.493 e. The molecule has 7 nitrogen and oxygen atoms in total. The zero-order chi connectivity index (χ0) is 15.4. The molecule has 7 heteroatoms. The zero-order valence-corrected chi connectivity index (χ0v) is 11.4. The van der Waals surface area contributed by atoms with Crippen LogP contribution in [0.4, 0.5) is 5.69 Å².